The molecule has 224 valence electrons. The summed E-state index contributed by atoms with van der Waals surface area (Å²) in [6.07, 6.45) is -0.0870. The van der Waals surface area contributed by atoms with Crippen LogP contribution in [0.5, 0.6) is 0 Å². The lowest BCUT2D eigenvalue weighted by Crippen LogP contribution is -2.25. The minimum Gasteiger partial charge on any atom is -0.294 e. The molecule has 0 N–H and O–H groups in total. The Labute approximate surface area is 227 Å². The maximum absolute atomic E-state index is 15.7. The smallest absolute Gasteiger partial charge is 0.197 e. The van der Waals surface area contributed by atoms with Crippen LogP contribution in [0.2, 0.25) is 0 Å². The topological polar surface area (TPSA) is 3.24 Å². The molecule has 3 rings (SSSR count). The number of halogens is 12. The molecule has 0 saturated heterocycles. The summed E-state index contributed by atoms with van der Waals surface area (Å²) < 4.78 is 182. The molecule has 0 radical (unpaired) electrons. The predicted octanol–water partition coefficient (Wildman–Crippen LogP) is 10.6. The molecule has 3 aromatic carbocycles. The average molecular weight is 601 g/mol. The quantitative estimate of drug-likeness (QED) is 0.148. The summed E-state index contributed by atoms with van der Waals surface area (Å²) in [5.74, 6) is -32.1. The molecule has 0 aliphatic rings. The first kappa shape index (κ1) is 32.1. The van der Waals surface area contributed by atoms with Crippen LogP contribution in [0, 0.1) is 69.8 Å². The van der Waals surface area contributed by atoms with Crippen LogP contribution < -0.4 is 4.90 Å². The van der Waals surface area contributed by atoms with Crippen molar-refractivity contribution in [2.24, 2.45) is 0 Å². The second kappa shape index (κ2) is 11.5. The number of anilines is 3. The van der Waals surface area contributed by atoms with Crippen molar-refractivity contribution in [2.45, 2.75) is 65.7 Å². The highest BCUT2D eigenvalue weighted by Crippen LogP contribution is 2.49. The van der Waals surface area contributed by atoms with Crippen molar-refractivity contribution >= 4 is 17.1 Å². The third-order valence-corrected chi connectivity index (χ3v) is 6.75. The summed E-state index contributed by atoms with van der Waals surface area (Å²) in [4.78, 5) is -0.906. The molecule has 1 unspecified atom stereocenters. The van der Waals surface area contributed by atoms with E-state index in [-0.39, 0.29) is 6.42 Å². The highest BCUT2D eigenvalue weighted by atomic mass is 19.2. The van der Waals surface area contributed by atoms with Crippen LogP contribution in [0.1, 0.15) is 82.4 Å². The molecule has 13 heteroatoms. The maximum Gasteiger partial charge on any atom is 0.197 e. The Morgan fingerprint density at radius 2 is 0.659 bits per heavy atom. The Bertz CT molecular complexity index is 1470. The van der Waals surface area contributed by atoms with Gasteiger partial charge in [-0.2, -0.15) is 0 Å². The van der Waals surface area contributed by atoms with Crippen molar-refractivity contribution < 1.29 is 52.7 Å². The number of hydrogen-bond acceptors (Lipinski definition) is 1. The number of rotatable bonds is 7. The van der Waals surface area contributed by atoms with Gasteiger partial charge in [0.15, 0.2) is 69.8 Å². The molecular formula is C28H23F12N. The lowest BCUT2D eigenvalue weighted by molar-refractivity contribution is 0.413. The second-order valence-electron chi connectivity index (χ2n) is 10.0. The minimum atomic E-state index is -2.68. The zero-order chi connectivity index (χ0) is 31.4. The lowest BCUT2D eigenvalue weighted by atomic mass is 9.95. The Morgan fingerprint density at radius 1 is 0.390 bits per heavy atom. The van der Waals surface area contributed by atoms with E-state index < -0.39 is 126 Å². The largest absolute Gasteiger partial charge is 0.294 e. The minimum absolute atomic E-state index is 0.0870. The molecule has 0 amide bonds. The first-order valence-corrected chi connectivity index (χ1v) is 12.3. The molecule has 0 aliphatic heterocycles. The van der Waals surface area contributed by atoms with Crippen molar-refractivity contribution in [3.05, 3.63) is 86.5 Å². The van der Waals surface area contributed by atoms with Gasteiger partial charge in [0.05, 0.1) is 0 Å². The molecule has 0 heterocycles. The van der Waals surface area contributed by atoms with Crippen LogP contribution in [0.3, 0.4) is 0 Å². The SMILES string of the molecule is CCC(C)c1c(F)c(F)c(N(c2c(F)c(F)c(C(C)C)c(F)c2F)c2c(F)c(F)c(F)c(C(C)C)c2F)c(F)c1F. The number of hydrogen-bond donors (Lipinski definition) is 0. The third kappa shape index (κ3) is 4.90. The first-order valence-electron chi connectivity index (χ1n) is 12.3. The summed E-state index contributed by atoms with van der Waals surface area (Å²) in [5.41, 5.74) is -10.5. The average Bonchev–Trinajstić information content (AvgIpc) is 2.89. The molecule has 1 atom stereocenters. The van der Waals surface area contributed by atoms with Gasteiger partial charge in [-0.25, -0.2) is 52.7 Å². The van der Waals surface area contributed by atoms with E-state index in [1.807, 2.05) is 0 Å². The lowest BCUT2D eigenvalue weighted by Gasteiger charge is -2.30. The van der Waals surface area contributed by atoms with Crippen molar-refractivity contribution in [3.8, 4) is 0 Å². The van der Waals surface area contributed by atoms with Gasteiger partial charge in [-0.3, -0.25) is 4.90 Å². The summed E-state index contributed by atoms with van der Waals surface area (Å²) in [7, 11) is 0. The predicted molar refractivity (Wildman–Crippen MR) is 128 cm³/mol. The number of nitrogens with zero attached hydrogens (tertiary/aromatic N) is 1. The Balaban J connectivity index is 2.71. The Morgan fingerprint density at radius 3 is 1.00 bits per heavy atom. The summed E-state index contributed by atoms with van der Waals surface area (Å²) in [6.45, 7) is 6.82. The fourth-order valence-corrected chi connectivity index (χ4v) is 4.49. The van der Waals surface area contributed by atoms with Gasteiger partial charge in [0.25, 0.3) is 0 Å². The van der Waals surface area contributed by atoms with Gasteiger partial charge in [-0.05, 0) is 24.2 Å². The van der Waals surface area contributed by atoms with Gasteiger partial charge >= 0.3 is 0 Å². The zero-order valence-electron chi connectivity index (χ0n) is 22.4. The van der Waals surface area contributed by atoms with Crippen LogP contribution in [-0.2, 0) is 0 Å². The standard InChI is InChI=1S/C28H23F12N/c1-7-10(6)13-17(32)23(38)28(24(39)18(13)33)41(26-19(34)12(9(4)5)14(29)20(35)25(26)40)27-21(36)15(30)11(8(2)3)16(31)22(27)37/h8-10H,7H2,1-6H3. The van der Waals surface area contributed by atoms with Gasteiger partial charge in [0, 0.05) is 16.7 Å². The molecule has 0 aromatic heterocycles. The van der Waals surface area contributed by atoms with Crippen molar-refractivity contribution in [3.63, 3.8) is 0 Å². The van der Waals surface area contributed by atoms with Crippen LogP contribution >= 0.6 is 0 Å². The van der Waals surface area contributed by atoms with Gasteiger partial charge in [-0.1, -0.05) is 41.5 Å². The van der Waals surface area contributed by atoms with E-state index in [0.717, 1.165) is 34.6 Å². The van der Waals surface area contributed by atoms with E-state index in [9.17, 15) is 8.78 Å². The van der Waals surface area contributed by atoms with Crippen LogP contribution in [-0.4, -0.2) is 0 Å². The Hall–Kier alpha value is -3.38. The third-order valence-electron chi connectivity index (χ3n) is 6.75. The molecule has 41 heavy (non-hydrogen) atoms. The molecule has 0 saturated carbocycles. The van der Waals surface area contributed by atoms with Gasteiger partial charge in [0.2, 0.25) is 0 Å². The molecule has 1 nitrogen and oxygen atoms in total. The number of benzene rings is 3. The highest BCUT2D eigenvalue weighted by Gasteiger charge is 2.41. The van der Waals surface area contributed by atoms with E-state index in [1.165, 1.54) is 6.92 Å². The van der Waals surface area contributed by atoms with E-state index in [1.54, 1.807) is 0 Å². The summed E-state index contributed by atoms with van der Waals surface area (Å²) in [5, 5.41) is 0. The maximum atomic E-state index is 15.7. The molecular weight excluding hydrogens is 578 g/mol. The first-order chi connectivity index (χ1) is 18.9. The normalized spacial score (nSPS) is 12.6. The van der Waals surface area contributed by atoms with Crippen LogP contribution in [0.15, 0.2) is 0 Å². The highest BCUT2D eigenvalue weighted by molar-refractivity contribution is 5.80. The van der Waals surface area contributed by atoms with Gasteiger partial charge in [0.1, 0.15) is 17.1 Å². The van der Waals surface area contributed by atoms with E-state index in [2.05, 4.69) is 0 Å². The van der Waals surface area contributed by atoms with E-state index in [4.69, 9.17) is 0 Å². The van der Waals surface area contributed by atoms with Crippen LogP contribution in [0.4, 0.5) is 69.7 Å². The van der Waals surface area contributed by atoms with Gasteiger partial charge < -0.3 is 0 Å². The summed E-state index contributed by atoms with van der Waals surface area (Å²) >= 11 is 0. The molecule has 0 bridgehead atoms. The monoisotopic (exact) mass is 601 g/mol. The second-order valence-corrected chi connectivity index (χ2v) is 10.0. The van der Waals surface area contributed by atoms with Gasteiger partial charge in [-0.15, -0.1) is 0 Å². The molecule has 0 aliphatic carbocycles. The van der Waals surface area contributed by atoms with E-state index >= 15 is 43.9 Å². The fourth-order valence-electron chi connectivity index (χ4n) is 4.49. The van der Waals surface area contributed by atoms with E-state index in [0.29, 0.717) is 0 Å². The van der Waals surface area contributed by atoms with Crippen molar-refractivity contribution in [2.75, 3.05) is 4.90 Å². The molecule has 0 fully saturated rings. The fraction of sp³-hybridized carbons (Fsp3) is 0.357. The molecule has 3 aromatic rings. The summed E-state index contributed by atoms with van der Waals surface area (Å²) in [6, 6.07) is 0. The zero-order valence-corrected chi connectivity index (χ0v) is 22.4. The van der Waals surface area contributed by atoms with Crippen LogP contribution in [0.25, 0.3) is 0 Å². The van der Waals surface area contributed by atoms with Crippen molar-refractivity contribution in [1.82, 2.24) is 0 Å². The molecule has 0 spiro atoms. The Kier molecular flexibility index (Phi) is 9.00. The van der Waals surface area contributed by atoms with Crippen molar-refractivity contribution in [1.29, 1.82) is 0 Å².